The van der Waals surface area contributed by atoms with Crippen molar-refractivity contribution in [1.29, 1.82) is 0 Å². The molecule has 0 atom stereocenters. The Bertz CT molecular complexity index is 1060. The zero-order valence-corrected chi connectivity index (χ0v) is 20.3. The number of thiazole rings is 1. The lowest BCUT2D eigenvalue weighted by molar-refractivity contribution is -0.131. The molecule has 3 heterocycles. The molecule has 32 heavy (non-hydrogen) atoms. The third kappa shape index (κ3) is 5.05. The van der Waals surface area contributed by atoms with Gasteiger partial charge in [0.25, 0.3) is 5.91 Å². The van der Waals surface area contributed by atoms with Crippen molar-refractivity contribution in [3.05, 3.63) is 40.8 Å². The highest BCUT2D eigenvalue weighted by atomic mass is 32.1. The average molecular weight is 473 g/mol. The minimum absolute atomic E-state index is 0.0409. The Morgan fingerprint density at radius 2 is 1.78 bits per heavy atom. The first-order valence-electron chi connectivity index (χ1n) is 10.7. The average Bonchev–Trinajstić information content (AvgIpc) is 3.28. The smallest absolute Gasteiger partial charge is 0.264 e. The fourth-order valence-electron chi connectivity index (χ4n) is 3.75. The molecule has 7 nitrogen and oxygen atoms in total. The second kappa shape index (κ2) is 9.87. The largest absolute Gasteiger partial charge is 0.497 e. The van der Waals surface area contributed by atoms with E-state index in [9.17, 15) is 9.59 Å². The zero-order chi connectivity index (χ0) is 22.7. The highest BCUT2D eigenvalue weighted by Crippen LogP contribution is 2.34. The van der Waals surface area contributed by atoms with Crippen LogP contribution in [0.4, 0.5) is 5.13 Å². The molecule has 9 heteroatoms. The summed E-state index contributed by atoms with van der Waals surface area (Å²) >= 11 is 3.05. The number of ether oxygens (including phenoxy) is 1. The molecule has 1 aliphatic rings. The van der Waals surface area contributed by atoms with E-state index in [-0.39, 0.29) is 11.8 Å². The van der Waals surface area contributed by atoms with Gasteiger partial charge in [0.2, 0.25) is 5.91 Å². The molecule has 0 unspecified atom stereocenters. The second-order valence-corrected chi connectivity index (χ2v) is 10.1. The summed E-state index contributed by atoms with van der Waals surface area (Å²) in [5.74, 6) is 1.00. The molecule has 0 aliphatic carbocycles. The number of nitrogens with zero attached hydrogens (tertiary/aromatic N) is 4. The van der Waals surface area contributed by atoms with Crippen LogP contribution < -0.4 is 9.64 Å². The topological polar surface area (TPSA) is 66.0 Å². The highest BCUT2D eigenvalue weighted by Gasteiger charge is 2.24. The van der Waals surface area contributed by atoms with Crippen molar-refractivity contribution < 1.29 is 14.3 Å². The summed E-state index contributed by atoms with van der Waals surface area (Å²) in [5, 5.41) is 0.948. The standard InChI is InChI=1S/C23H28N4O3S2/c1-25(2)23-24-21-18(32-23)15-19(31-21)22(29)27-12-4-11-26(13-14-27)20(28)10-7-16-5-8-17(30-3)9-6-16/h5-6,8-9,15H,4,7,10-14H2,1-3H3. The Balaban J connectivity index is 1.32. The normalized spacial score (nSPS) is 14.5. The predicted octanol–water partition coefficient (Wildman–Crippen LogP) is 3.74. The first-order valence-corrected chi connectivity index (χ1v) is 12.4. The molecule has 3 aromatic rings. The van der Waals surface area contributed by atoms with Crippen molar-refractivity contribution in [2.24, 2.45) is 0 Å². The number of rotatable bonds is 6. The van der Waals surface area contributed by atoms with Crippen molar-refractivity contribution in [3.63, 3.8) is 0 Å². The summed E-state index contributed by atoms with van der Waals surface area (Å²) in [7, 11) is 5.58. The van der Waals surface area contributed by atoms with Crippen LogP contribution in [-0.4, -0.2) is 74.0 Å². The fourth-order valence-corrected chi connectivity index (χ4v) is 5.85. The number of hydrogen-bond acceptors (Lipinski definition) is 7. The number of aromatic nitrogens is 1. The molecule has 4 rings (SSSR count). The van der Waals surface area contributed by atoms with Gasteiger partial charge in [-0.05, 0) is 36.6 Å². The Morgan fingerprint density at radius 1 is 1.06 bits per heavy atom. The molecule has 0 saturated carbocycles. The summed E-state index contributed by atoms with van der Waals surface area (Å²) in [4.78, 5) is 37.8. The summed E-state index contributed by atoms with van der Waals surface area (Å²) in [5.41, 5.74) is 1.12. The minimum atomic E-state index is 0.0409. The minimum Gasteiger partial charge on any atom is -0.497 e. The molecular weight excluding hydrogens is 444 g/mol. The lowest BCUT2D eigenvalue weighted by Crippen LogP contribution is -2.37. The van der Waals surface area contributed by atoms with E-state index in [0.29, 0.717) is 39.0 Å². The number of aryl methyl sites for hydroxylation is 1. The molecule has 170 valence electrons. The Kier molecular flexibility index (Phi) is 6.95. The molecular formula is C23H28N4O3S2. The first kappa shape index (κ1) is 22.5. The van der Waals surface area contributed by atoms with Crippen LogP contribution in [0.3, 0.4) is 0 Å². The van der Waals surface area contributed by atoms with Gasteiger partial charge in [0.05, 0.1) is 16.7 Å². The van der Waals surface area contributed by atoms with Gasteiger partial charge in [-0.3, -0.25) is 9.59 Å². The van der Waals surface area contributed by atoms with Crippen LogP contribution in [0.1, 0.15) is 28.1 Å². The highest BCUT2D eigenvalue weighted by molar-refractivity contribution is 7.29. The second-order valence-electron chi connectivity index (χ2n) is 8.05. The Hall–Kier alpha value is -2.65. The molecule has 1 aromatic carbocycles. The first-order chi connectivity index (χ1) is 15.4. The van der Waals surface area contributed by atoms with Crippen LogP contribution in [0, 0.1) is 0 Å². The number of benzene rings is 1. The van der Waals surface area contributed by atoms with Gasteiger partial charge in [-0.25, -0.2) is 4.98 Å². The Morgan fingerprint density at radius 3 is 2.47 bits per heavy atom. The quantitative estimate of drug-likeness (QED) is 0.547. The van der Waals surface area contributed by atoms with Crippen LogP contribution in [0.5, 0.6) is 5.75 Å². The number of fused-ring (bicyclic) bond motifs is 1. The molecule has 2 amide bonds. The van der Waals surface area contributed by atoms with Gasteiger partial charge in [0.15, 0.2) is 5.13 Å². The van der Waals surface area contributed by atoms with Crippen LogP contribution >= 0.6 is 22.7 Å². The van der Waals surface area contributed by atoms with Crippen molar-refractivity contribution in [3.8, 4) is 5.75 Å². The number of hydrogen-bond donors (Lipinski definition) is 0. The van der Waals surface area contributed by atoms with Crippen LogP contribution in [0.2, 0.25) is 0 Å². The third-order valence-electron chi connectivity index (χ3n) is 5.59. The van der Waals surface area contributed by atoms with E-state index in [4.69, 9.17) is 4.74 Å². The van der Waals surface area contributed by atoms with E-state index >= 15 is 0 Å². The van der Waals surface area contributed by atoms with Gasteiger partial charge in [-0.1, -0.05) is 23.5 Å². The van der Waals surface area contributed by atoms with Crippen molar-refractivity contribution in [2.45, 2.75) is 19.3 Å². The van der Waals surface area contributed by atoms with Crippen molar-refractivity contribution >= 4 is 49.1 Å². The fraction of sp³-hybridized carbons (Fsp3) is 0.435. The SMILES string of the molecule is COc1ccc(CCC(=O)N2CCCN(C(=O)c3cc4sc(N(C)C)nc4s3)CC2)cc1. The van der Waals surface area contributed by atoms with Gasteiger partial charge in [-0.2, -0.15) is 0 Å². The summed E-state index contributed by atoms with van der Waals surface area (Å²) in [6.45, 7) is 2.51. The van der Waals surface area contributed by atoms with Gasteiger partial charge in [-0.15, -0.1) is 11.3 Å². The summed E-state index contributed by atoms with van der Waals surface area (Å²) in [6.07, 6.45) is 1.97. The lowest BCUT2D eigenvalue weighted by atomic mass is 10.1. The van der Waals surface area contributed by atoms with Crippen LogP contribution in [0.25, 0.3) is 9.53 Å². The van der Waals surface area contributed by atoms with Crippen molar-refractivity contribution in [1.82, 2.24) is 14.8 Å². The van der Waals surface area contributed by atoms with E-state index < -0.39 is 0 Å². The number of carbonyl (C=O) groups excluding carboxylic acids is 2. The number of amides is 2. The maximum absolute atomic E-state index is 13.1. The number of anilines is 1. The van der Waals surface area contributed by atoms with Gasteiger partial charge < -0.3 is 19.4 Å². The van der Waals surface area contributed by atoms with Crippen LogP contribution in [-0.2, 0) is 11.2 Å². The summed E-state index contributed by atoms with van der Waals surface area (Å²) < 4.78 is 6.23. The maximum Gasteiger partial charge on any atom is 0.264 e. The van der Waals surface area contributed by atoms with Gasteiger partial charge >= 0.3 is 0 Å². The molecule has 1 fully saturated rings. The van der Waals surface area contributed by atoms with E-state index in [1.165, 1.54) is 11.3 Å². The molecule has 2 aromatic heterocycles. The van der Waals surface area contributed by atoms with E-state index in [2.05, 4.69) is 4.98 Å². The van der Waals surface area contributed by atoms with Crippen molar-refractivity contribution in [2.75, 3.05) is 52.3 Å². The Labute approximate surface area is 196 Å². The number of methoxy groups -OCH3 is 1. The molecule has 1 saturated heterocycles. The predicted molar refractivity (Wildman–Crippen MR) is 130 cm³/mol. The zero-order valence-electron chi connectivity index (χ0n) is 18.7. The maximum atomic E-state index is 13.1. The molecule has 0 N–H and O–H groups in total. The third-order valence-corrected chi connectivity index (χ3v) is 7.91. The number of carbonyl (C=O) groups is 2. The molecule has 0 bridgehead atoms. The van der Waals surface area contributed by atoms with E-state index in [1.54, 1.807) is 18.4 Å². The lowest BCUT2D eigenvalue weighted by Gasteiger charge is -2.22. The molecule has 0 spiro atoms. The van der Waals surface area contributed by atoms with Gasteiger partial charge in [0.1, 0.15) is 10.6 Å². The van der Waals surface area contributed by atoms with Crippen LogP contribution in [0.15, 0.2) is 30.3 Å². The van der Waals surface area contributed by atoms with Gasteiger partial charge in [0, 0.05) is 46.7 Å². The molecule has 0 radical (unpaired) electrons. The monoisotopic (exact) mass is 472 g/mol. The van der Waals surface area contributed by atoms with E-state index in [1.807, 2.05) is 59.1 Å². The van der Waals surface area contributed by atoms with E-state index in [0.717, 1.165) is 37.3 Å². The number of thiophene rings is 1. The molecule has 1 aliphatic heterocycles. The summed E-state index contributed by atoms with van der Waals surface area (Å²) in [6, 6.07) is 9.78.